The lowest BCUT2D eigenvalue weighted by molar-refractivity contribution is 0.640. The van der Waals surface area contributed by atoms with Crippen molar-refractivity contribution in [3.8, 4) is 11.1 Å². The summed E-state index contributed by atoms with van der Waals surface area (Å²) in [4.78, 5) is 0. The minimum absolute atomic E-state index is 0.165. The summed E-state index contributed by atoms with van der Waals surface area (Å²) in [5, 5.41) is 1.63. The van der Waals surface area contributed by atoms with Crippen LogP contribution in [0.15, 0.2) is 66.7 Å². The average molecular weight is 222 g/mol. The van der Waals surface area contributed by atoms with E-state index in [0.29, 0.717) is 5.39 Å². The second-order valence-electron chi connectivity index (χ2n) is 4.01. The van der Waals surface area contributed by atoms with Crippen LogP contribution in [-0.2, 0) is 0 Å². The zero-order chi connectivity index (χ0) is 11.7. The number of hydrogen-bond donors (Lipinski definition) is 0. The van der Waals surface area contributed by atoms with Gasteiger partial charge in [0.25, 0.3) is 0 Å². The van der Waals surface area contributed by atoms with Gasteiger partial charge in [0, 0.05) is 5.39 Å². The molecule has 3 rings (SSSR count). The second-order valence-corrected chi connectivity index (χ2v) is 4.01. The van der Waals surface area contributed by atoms with Gasteiger partial charge in [-0.3, -0.25) is 0 Å². The highest BCUT2D eigenvalue weighted by Crippen LogP contribution is 2.30. The van der Waals surface area contributed by atoms with Crippen LogP contribution in [0.1, 0.15) is 0 Å². The van der Waals surface area contributed by atoms with Crippen LogP contribution in [0.5, 0.6) is 0 Å². The first-order chi connectivity index (χ1) is 8.36. The third-order valence-corrected chi connectivity index (χ3v) is 2.94. The summed E-state index contributed by atoms with van der Waals surface area (Å²) in [7, 11) is 0. The van der Waals surface area contributed by atoms with Crippen molar-refractivity contribution in [1.82, 2.24) is 0 Å². The molecule has 0 aliphatic rings. The molecule has 0 amide bonds. The third-order valence-electron chi connectivity index (χ3n) is 2.94. The van der Waals surface area contributed by atoms with Gasteiger partial charge in [-0.15, -0.1) is 0 Å². The minimum atomic E-state index is -0.165. The maximum atomic E-state index is 13.9. The Labute approximate surface area is 99.3 Å². The highest BCUT2D eigenvalue weighted by atomic mass is 19.1. The van der Waals surface area contributed by atoms with Crippen molar-refractivity contribution in [2.45, 2.75) is 0 Å². The third kappa shape index (κ3) is 1.70. The van der Waals surface area contributed by atoms with Crippen molar-refractivity contribution >= 4 is 10.8 Å². The molecular formula is C16H11F. The number of halogens is 1. The van der Waals surface area contributed by atoms with E-state index in [1.54, 1.807) is 6.07 Å². The summed E-state index contributed by atoms with van der Waals surface area (Å²) in [6.45, 7) is 0. The van der Waals surface area contributed by atoms with Gasteiger partial charge in [0.2, 0.25) is 0 Å². The summed E-state index contributed by atoms with van der Waals surface area (Å²) in [6, 6.07) is 20.9. The van der Waals surface area contributed by atoms with E-state index < -0.39 is 0 Å². The van der Waals surface area contributed by atoms with Gasteiger partial charge in [-0.25, -0.2) is 4.39 Å². The van der Waals surface area contributed by atoms with E-state index in [9.17, 15) is 4.39 Å². The number of hydrogen-bond acceptors (Lipinski definition) is 0. The van der Waals surface area contributed by atoms with Crippen LogP contribution < -0.4 is 0 Å². The Balaban J connectivity index is 2.38. The van der Waals surface area contributed by atoms with Crippen molar-refractivity contribution in [3.05, 3.63) is 72.5 Å². The Morgan fingerprint density at radius 3 is 2.12 bits per heavy atom. The van der Waals surface area contributed by atoms with Gasteiger partial charge in [0.15, 0.2) is 0 Å². The fraction of sp³-hybridized carbons (Fsp3) is 0. The number of fused-ring (bicyclic) bond motifs is 1. The quantitative estimate of drug-likeness (QED) is 0.562. The summed E-state index contributed by atoms with van der Waals surface area (Å²) >= 11 is 0. The molecule has 0 spiro atoms. The smallest absolute Gasteiger partial charge is 0.131 e. The van der Waals surface area contributed by atoms with Crippen LogP contribution in [0.3, 0.4) is 0 Å². The standard InChI is InChI=1S/C16H11F/c17-15-11-5-9-13-8-4-10-14(16(13)15)12-6-2-1-3-7-12/h1-11H. The first kappa shape index (κ1) is 10.0. The zero-order valence-corrected chi connectivity index (χ0v) is 9.23. The summed E-state index contributed by atoms with van der Waals surface area (Å²) in [6.07, 6.45) is 0. The van der Waals surface area contributed by atoms with Gasteiger partial charge in [-0.2, -0.15) is 0 Å². The molecule has 0 saturated heterocycles. The number of benzene rings is 3. The lowest BCUT2D eigenvalue weighted by Gasteiger charge is -2.07. The van der Waals surface area contributed by atoms with Gasteiger partial charge >= 0.3 is 0 Å². The van der Waals surface area contributed by atoms with E-state index in [1.807, 2.05) is 54.6 Å². The van der Waals surface area contributed by atoms with E-state index in [2.05, 4.69) is 0 Å². The first-order valence-electron chi connectivity index (χ1n) is 5.59. The molecule has 1 heteroatoms. The fourth-order valence-corrected chi connectivity index (χ4v) is 2.15. The van der Waals surface area contributed by atoms with E-state index in [1.165, 1.54) is 6.07 Å². The molecule has 0 aromatic heterocycles. The van der Waals surface area contributed by atoms with Gasteiger partial charge < -0.3 is 0 Å². The Kier molecular flexibility index (Phi) is 2.37. The Hall–Kier alpha value is -2.15. The Morgan fingerprint density at radius 1 is 0.647 bits per heavy atom. The van der Waals surface area contributed by atoms with Crippen LogP contribution in [0, 0.1) is 5.82 Å². The van der Waals surface area contributed by atoms with Crippen LogP contribution in [0.4, 0.5) is 4.39 Å². The van der Waals surface area contributed by atoms with Crippen molar-refractivity contribution in [2.75, 3.05) is 0 Å². The Bertz CT molecular complexity index is 651. The average Bonchev–Trinajstić information content (AvgIpc) is 2.39. The van der Waals surface area contributed by atoms with Gasteiger partial charge in [0.05, 0.1) is 0 Å². The molecule has 0 fully saturated rings. The van der Waals surface area contributed by atoms with Gasteiger partial charge in [-0.05, 0) is 22.6 Å². The van der Waals surface area contributed by atoms with Crippen molar-refractivity contribution in [3.63, 3.8) is 0 Å². The van der Waals surface area contributed by atoms with Crippen molar-refractivity contribution in [2.24, 2.45) is 0 Å². The van der Waals surface area contributed by atoms with Gasteiger partial charge in [-0.1, -0.05) is 60.7 Å². The SMILES string of the molecule is Fc1cccc2cccc(-c3ccccc3)c12. The predicted octanol–water partition coefficient (Wildman–Crippen LogP) is 4.65. The minimum Gasteiger partial charge on any atom is -0.206 e. The van der Waals surface area contributed by atoms with E-state index in [4.69, 9.17) is 0 Å². The summed E-state index contributed by atoms with van der Waals surface area (Å²) in [5.41, 5.74) is 1.99. The van der Waals surface area contributed by atoms with Crippen LogP contribution in [0.2, 0.25) is 0 Å². The largest absolute Gasteiger partial charge is 0.206 e. The van der Waals surface area contributed by atoms with E-state index in [-0.39, 0.29) is 5.82 Å². The molecule has 0 N–H and O–H groups in total. The lowest BCUT2D eigenvalue weighted by Crippen LogP contribution is -1.84. The number of rotatable bonds is 1. The molecular weight excluding hydrogens is 211 g/mol. The molecule has 0 saturated carbocycles. The molecule has 0 atom stereocenters. The molecule has 3 aromatic rings. The van der Waals surface area contributed by atoms with Crippen LogP contribution in [0.25, 0.3) is 21.9 Å². The molecule has 0 unspecified atom stereocenters. The van der Waals surface area contributed by atoms with Crippen LogP contribution >= 0.6 is 0 Å². The van der Waals surface area contributed by atoms with E-state index in [0.717, 1.165) is 16.5 Å². The zero-order valence-electron chi connectivity index (χ0n) is 9.23. The molecule has 0 radical (unpaired) electrons. The van der Waals surface area contributed by atoms with Crippen molar-refractivity contribution < 1.29 is 4.39 Å². The second kappa shape index (κ2) is 4.02. The molecule has 0 aliphatic carbocycles. The summed E-state index contributed by atoms with van der Waals surface area (Å²) < 4.78 is 13.9. The molecule has 0 bridgehead atoms. The monoisotopic (exact) mass is 222 g/mol. The molecule has 0 aliphatic heterocycles. The molecule has 17 heavy (non-hydrogen) atoms. The molecule has 3 aromatic carbocycles. The summed E-state index contributed by atoms with van der Waals surface area (Å²) in [5.74, 6) is -0.165. The fourth-order valence-electron chi connectivity index (χ4n) is 2.15. The highest BCUT2D eigenvalue weighted by molar-refractivity contribution is 5.97. The van der Waals surface area contributed by atoms with Crippen LogP contribution in [-0.4, -0.2) is 0 Å². The molecule has 0 nitrogen and oxygen atoms in total. The molecule has 0 heterocycles. The highest BCUT2D eigenvalue weighted by Gasteiger charge is 2.06. The van der Waals surface area contributed by atoms with E-state index >= 15 is 0 Å². The maximum absolute atomic E-state index is 13.9. The Morgan fingerprint density at radius 2 is 1.35 bits per heavy atom. The predicted molar refractivity (Wildman–Crippen MR) is 69.3 cm³/mol. The first-order valence-corrected chi connectivity index (χ1v) is 5.59. The lowest BCUT2D eigenvalue weighted by atomic mass is 9.98. The normalized spacial score (nSPS) is 10.6. The maximum Gasteiger partial charge on any atom is 0.131 e. The topological polar surface area (TPSA) is 0 Å². The molecule has 82 valence electrons. The van der Waals surface area contributed by atoms with Crippen molar-refractivity contribution in [1.29, 1.82) is 0 Å². The van der Waals surface area contributed by atoms with Gasteiger partial charge in [0.1, 0.15) is 5.82 Å².